The summed E-state index contributed by atoms with van der Waals surface area (Å²) in [6.45, 7) is 1.85. The highest BCUT2D eigenvalue weighted by molar-refractivity contribution is 5.83. The van der Waals surface area contributed by atoms with E-state index in [9.17, 15) is 18.0 Å². The molecule has 0 amide bonds. The number of alkyl halides is 3. The molecule has 144 valence electrons. The predicted octanol–water partition coefficient (Wildman–Crippen LogP) is 3.17. The molecule has 11 heteroatoms. The molecule has 0 aliphatic rings. The number of fused-ring (bicyclic) bond motifs is 2. The normalized spacial score (nSPS) is 13.1. The number of H-pyrrole nitrogens is 2. The molecule has 28 heavy (non-hydrogen) atoms. The topological polar surface area (TPSA) is 112 Å². The monoisotopic (exact) mass is 389 g/mol. The maximum Gasteiger partial charge on any atom is 0.417 e. The van der Waals surface area contributed by atoms with Crippen molar-refractivity contribution in [3.63, 3.8) is 0 Å². The van der Waals surface area contributed by atoms with Crippen LogP contribution in [0, 0.1) is 0 Å². The zero-order valence-electron chi connectivity index (χ0n) is 14.5. The molecule has 4 aromatic rings. The van der Waals surface area contributed by atoms with E-state index >= 15 is 0 Å². The van der Waals surface area contributed by atoms with Crippen molar-refractivity contribution >= 4 is 27.9 Å². The molecular weight excluding hydrogens is 375 g/mol. The highest BCUT2D eigenvalue weighted by Crippen LogP contribution is 2.33. The average Bonchev–Trinajstić information content (AvgIpc) is 3.14. The highest BCUT2D eigenvalue weighted by atomic mass is 19.4. The second-order valence-corrected chi connectivity index (χ2v) is 6.08. The van der Waals surface area contributed by atoms with Gasteiger partial charge in [0.05, 0.1) is 28.8 Å². The lowest BCUT2D eigenvalue weighted by atomic mass is 10.1. The Morgan fingerprint density at radius 1 is 1.21 bits per heavy atom. The highest BCUT2D eigenvalue weighted by Gasteiger charge is 2.34. The molecule has 1 atom stereocenters. The molecule has 1 aromatic carbocycles. The predicted molar refractivity (Wildman–Crippen MR) is 95.7 cm³/mol. The molecule has 0 saturated heterocycles. The number of halogens is 3. The second kappa shape index (κ2) is 6.59. The van der Waals surface area contributed by atoms with Crippen LogP contribution in [0.5, 0.6) is 0 Å². The number of nitrogens with one attached hydrogen (secondary N) is 3. The minimum Gasteiger partial charge on any atom is -0.358 e. The number of benzene rings is 1. The number of aromatic amines is 2. The summed E-state index contributed by atoms with van der Waals surface area (Å²) in [5.41, 5.74) is -0.849. The zero-order chi connectivity index (χ0) is 19.9. The van der Waals surface area contributed by atoms with Crippen LogP contribution in [-0.2, 0) is 6.18 Å². The van der Waals surface area contributed by atoms with Gasteiger partial charge in [0.15, 0.2) is 11.5 Å². The van der Waals surface area contributed by atoms with Crippen LogP contribution in [0.25, 0.3) is 22.1 Å². The molecular formula is C17H14F3N7O. The summed E-state index contributed by atoms with van der Waals surface area (Å²) in [6, 6.07) is 2.99. The molecule has 0 bridgehead atoms. The first-order valence-corrected chi connectivity index (χ1v) is 8.39. The van der Waals surface area contributed by atoms with Gasteiger partial charge in [0.2, 0.25) is 0 Å². The Morgan fingerprint density at radius 3 is 2.79 bits per heavy atom. The number of anilines is 1. The fraction of sp³-hybridized carbons (Fsp3) is 0.235. The van der Waals surface area contributed by atoms with E-state index in [0.717, 1.165) is 6.07 Å². The Morgan fingerprint density at radius 2 is 2.04 bits per heavy atom. The van der Waals surface area contributed by atoms with Crippen LogP contribution in [0.15, 0.2) is 35.6 Å². The van der Waals surface area contributed by atoms with Crippen LogP contribution in [0.2, 0.25) is 0 Å². The van der Waals surface area contributed by atoms with E-state index in [4.69, 9.17) is 0 Å². The van der Waals surface area contributed by atoms with Gasteiger partial charge in [0.25, 0.3) is 5.56 Å². The average molecular weight is 389 g/mol. The van der Waals surface area contributed by atoms with E-state index in [-0.39, 0.29) is 11.3 Å². The molecule has 0 saturated carbocycles. The summed E-state index contributed by atoms with van der Waals surface area (Å²) in [6.07, 6.45) is -1.34. The zero-order valence-corrected chi connectivity index (χ0v) is 14.5. The van der Waals surface area contributed by atoms with Crippen molar-refractivity contribution in [2.24, 2.45) is 0 Å². The first-order chi connectivity index (χ1) is 13.4. The van der Waals surface area contributed by atoms with Crippen LogP contribution < -0.4 is 10.9 Å². The lowest BCUT2D eigenvalue weighted by Gasteiger charge is -2.18. The Labute approximate surface area is 155 Å². The molecule has 3 N–H and O–H groups in total. The van der Waals surface area contributed by atoms with Crippen molar-refractivity contribution in [1.82, 2.24) is 29.9 Å². The minimum absolute atomic E-state index is 0.0248. The number of aromatic nitrogens is 6. The van der Waals surface area contributed by atoms with E-state index in [1.165, 1.54) is 24.8 Å². The van der Waals surface area contributed by atoms with Crippen LogP contribution in [0.4, 0.5) is 19.0 Å². The number of hydrogen-bond donors (Lipinski definition) is 3. The van der Waals surface area contributed by atoms with Gasteiger partial charge in [0.1, 0.15) is 17.7 Å². The quantitative estimate of drug-likeness (QED) is 0.494. The molecule has 3 heterocycles. The molecule has 4 rings (SSSR count). The number of hydrogen-bond acceptors (Lipinski definition) is 6. The van der Waals surface area contributed by atoms with Gasteiger partial charge < -0.3 is 15.3 Å². The fourth-order valence-electron chi connectivity index (χ4n) is 3.01. The third kappa shape index (κ3) is 3.04. The van der Waals surface area contributed by atoms with Crippen LogP contribution in [0.1, 0.15) is 30.8 Å². The third-order valence-corrected chi connectivity index (χ3v) is 4.33. The SMILES string of the molecule is CCC(Nc1ncnc2nc[nH]c12)c1nc2cccc(C(F)(F)F)c2c(=O)[nH]1. The molecule has 3 aromatic heterocycles. The summed E-state index contributed by atoms with van der Waals surface area (Å²) >= 11 is 0. The number of nitrogens with zero attached hydrogens (tertiary/aromatic N) is 4. The third-order valence-electron chi connectivity index (χ3n) is 4.33. The summed E-state index contributed by atoms with van der Waals surface area (Å²) in [5.74, 6) is 0.659. The molecule has 0 radical (unpaired) electrons. The number of rotatable bonds is 4. The summed E-state index contributed by atoms with van der Waals surface area (Å²) in [4.78, 5) is 34.3. The maximum atomic E-state index is 13.2. The van der Waals surface area contributed by atoms with E-state index in [2.05, 4.69) is 35.2 Å². The van der Waals surface area contributed by atoms with Crippen LogP contribution in [-0.4, -0.2) is 29.9 Å². The summed E-state index contributed by atoms with van der Waals surface area (Å²) in [5, 5.41) is 2.65. The second-order valence-electron chi connectivity index (χ2n) is 6.08. The molecule has 0 fully saturated rings. The standard InChI is InChI=1S/C17H14F3N7O/c1-2-9(25-15-12-14(22-6-21-12)23-7-24-15)13-26-10-5-3-4-8(17(18,19)20)11(10)16(28)27-13/h3-7,9H,2H2,1H3,(H,26,27,28)(H2,21,22,23,24,25). The minimum atomic E-state index is -4.65. The fourth-order valence-corrected chi connectivity index (χ4v) is 3.01. The lowest BCUT2D eigenvalue weighted by molar-refractivity contribution is -0.136. The van der Waals surface area contributed by atoms with Gasteiger partial charge >= 0.3 is 6.18 Å². The van der Waals surface area contributed by atoms with Gasteiger partial charge in [-0.15, -0.1) is 0 Å². The largest absolute Gasteiger partial charge is 0.417 e. The Kier molecular flexibility index (Phi) is 4.21. The van der Waals surface area contributed by atoms with Crippen molar-refractivity contribution in [1.29, 1.82) is 0 Å². The first-order valence-electron chi connectivity index (χ1n) is 8.39. The molecule has 1 unspecified atom stereocenters. The van der Waals surface area contributed by atoms with E-state index in [0.29, 0.717) is 23.4 Å². The van der Waals surface area contributed by atoms with Crippen LogP contribution in [0.3, 0.4) is 0 Å². The van der Waals surface area contributed by atoms with Gasteiger partial charge in [0, 0.05) is 0 Å². The van der Waals surface area contributed by atoms with Crippen molar-refractivity contribution in [3.05, 3.63) is 52.6 Å². The van der Waals surface area contributed by atoms with E-state index in [1.54, 1.807) is 0 Å². The maximum absolute atomic E-state index is 13.2. The van der Waals surface area contributed by atoms with Gasteiger partial charge in [-0.3, -0.25) is 4.79 Å². The summed E-state index contributed by atoms with van der Waals surface area (Å²) < 4.78 is 39.6. The summed E-state index contributed by atoms with van der Waals surface area (Å²) in [7, 11) is 0. The molecule has 0 spiro atoms. The molecule has 0 aliphatic heterocycles. The van der Waals surface area contributed by atoms with Gasteiger partial charge in [-0.25, -0.2) is 19.9 Å². The van der Waals surface area contributed by atoms with E-state index < -0.39 is 28.7 Å². The van der Waals surface area contributed by atoms with Crippen molar-refractivity contribution in [2.75, 3.05) is 5.32 Å². The van der Waals surface area contributed by atoms with E-state index in [1.807, 2.05) is 6.92 Å². The Hall–Kier alpha value is -3.50. The van der Waals surface area contributed by atoms with Gasteiger partial charge in [-0.2, -0.15) is 13.2 Å². The number of imidazole rings is 1. The van der Waals surface area contributed by atoms with Crippen molar-refractivity contribution < 1.29 is 13.2 Å². The molecule has 0 aliphatic carbocycles. The Balaban J connectivity index is 1.79. The molecule has 8 nitrogen and oxygen atoms in total. The van der Waals surface area contributed by atoms with Gasteiger partial charge in [-0.05, 0) is 18.6 Å². The van der Waals surface area contributed by atoms with Crippen LogP contribution >= 0.6 is 0 Å². The van der Waals surface area contributed by atoms with Crippen molar-refractivity contribution in [2.45, 2.75) is 25.6 Å². The van der Waals surface area contributed by atoms with Crippen molar-refractivity contribution in [3.8, 4) is 0 Å². The van der Waals surface area contributed by atoms with Gasteiger partial charge in [-0.1, -0.05) is 13.0 Å². The smallest absolute Gasteiger partial charge is 0.358 e. The lowest BCUT2D eigenvalue weighted by Crippen LogP contribution is -2.22. The Bertz CT molecular complexity index is 1210. The first kappa shape index (κ1) is 17.9.